The zero-order chi connectivity index (χ0) is 35.6. The largest absolute Gasteiger partial charge is 0.490 e. The van der Waals surface area contributed by atoms with E-state index in [9.17, 15) is 13.2 Å². The maximum absolute atomic E-state index is 13.8. The Morgan fingerprint density at radius 1 is 1.10 bits per heavy atom. The van der Waals surface area contributed by atoms with Crippen molar-refractivity contribution >= 4 is 32.9 Å². The summed E-state index contributed by atoms with van der Waals surface area (Å²) in [4.78, 5) is 18.6. The van der Waals surface area contributed by atoms with Gasteiger partial charge in [0.05, 0.1) is 49.6 Å². The molecule has 2 bridgehead atoms. The molecule has 51 heavy (non-hydrogen) atoms. The van der Waals surface area contributed by atoms with Crippen LogP contribution < -0.4 is 9.64 Å². The highest BCUT2D eigenvalue weighted by atomic mass is 35.5. The van der Waals surface area contributed by atoms with E-state index < -0.39 is 32.7 Å². The molecule has 5 aliphatic rings. The molecule has 6 unspecified atom stereocenters. The number of nitrogens with zero attached hydrogens (tertiary/aromatic N) is 2. The lowest BCUT2D eigenvalue weighted by atomic mass is 9.68. The van der Waals surface area contributed by atoms with Crippen molar-refractivity contribution < 1.29 is 32.2 Å². The van der Waals surface area contributed by atoms with Crippen molar-refractivity contribution in [1.29, 1.82) is 0 Å². The number of halogens is 1. The standard InChI is InChI=1S/C40H53ClN2O7S/c1-3-39-38(47-2)8-4-7-36(49-21-18-42-16-19-48-20-17-42)32-12-9-30(32)24-43-26-40(15-5-6-28-22-31(41)11-13-33(28)40)27-50-37-14-10-29(23-34(37)43)35(44)25-51(39,45)46/h4,7,10-11,13-14,22-23,30,32,36,38-39H,3,5-6,8-9,12,15-21,24-27H2,1-2H3/b7-4+. The van der Waals surface area contributed by atoms with Crippen LogP contribution in [0.25, 0.3) is 0 Å². The van der Waals surface area contributed by atoms with Crippen LogP contribution >= 0.6 is 11.6 Å². The number of hydrogen-bond donors (Lipinski definition) is 0. The molecular weight excluding hydrogens is 688 g/mol. The summed E-state index contributed by atoms with van der Waals surface area (Å²) in [5, 5.41) is -0.0551. The Morgan fingerprint density at radius 2 is 1.94 bits per heavy atom. The Kier molecular flexibility index (Phi) is 11.5. The first-order chi connectivity index (χ1) is 24.7. The van der Waals surface area contributed by atoms with Gasteiger partial charge in [-0.2, -0.15) is 0 Å². The van der Waals surface area contributed by atoms with Gasteiger partial charge in [-0.05, 0) is 98.2 Å². The summed E-state index contributed by atoms with van der Waals surface area (Å²) in [6, 6.07) is 11.7. The Balaban J connectivity index is 1.25. The van der Waals surface area contributed by atoms with Gasteiger partial charge in [0.2, 0.25) is 0 Å². The number of aryl methyl sites for hydroxylation is 1. The van der Waals surface area contributed by atoms with E-state index in [-0.39, 0.29) is 11.5 Å². The number of ketones is 1. The summed E-state index contributed by atoms with van der Waals surface area (Å²) in [6.07, 6.45) is 9.47. The van der Waals surface area contributed by atoms with E-state index in [0.29, 0.717) is 43.5 Å². The average molecular weight is 741 g/mol. The molecule has 1 saturated carbocycles. The van der Waals surface area contributed by atoms with Crippen LogP contribution in [0.5, 0.6) is 5.75 Å². The Labute approximate surface area is 308 Å². The lowest BCUT2D eigenvalue weighted by molar-refractivity contribution is -0.0315. The summed E-state index contributed by atoms with van der Waals surface area (Å²) in [6.45, 7) is 8.69. The minimum atomic E-state index is -3.82. The highest BCUT2D eigenvalue weighted by Gasteiger charge is 2.45. The van der Waals surface area contributed by atoms with E-state index in [1.807, 2.05) is 31.2 Å². The molecule has 2 aliphatic carbocycles. The molecule has 11 heteroatoms. The Bertz CT molecular complexity index is 1700. The number of fused-ring (bicyclic) bond motifs is 4. The first-order valence-electron chi connectivity index (χ1n) is 18.9. The zero-order valence-corrected chi connectivity index (χ0v) is 31.6. The number of morpholine rings is 1. The van der Waals surface area contributed by atoms with Crippen LogP contribution in [0.4, 0.5) is 5.69 Å². The number of benzene rings is 2. The van der Waals surface area contributed by atoms with Crippen LogP contribution in [0.2, 0.25) is 5.02 Å². The van der Waals surface area contributed by atoms with Crippen LogP contribution in [0.3, 0.4) is 0 Å². The number of sulfone groups is 1. The molecule has 1 spiro atoms. The van der Waals surface area contributed by atoms with Crippen LogP contribution in [0.1, 0.15) is 66.9 Å². The fourth-order valence-corrected chi connectivity index (χ4v) is 11.3. The van der Waals surface area contributed by atoms with Crippen molar-refractivity contribution in [2.75, 3.05) is 76.9 Å². The highest BCUT2D eigenvalue weighted by Crippen LogP contribution is 2.47. The molecule has 2 aromatic rings. The summed E-state index contributed by atoms with van der Waals surface area (Å²) < 4.78 is 52.4. The Morgan fingerprint density at radius 3 is 2.71 bits per heavy atom. The normalized spacial score (nSPS) is 31.9. The maximum Gasteiger partial charge on any atom is 0.177 e. The molecule has 0 amide bonds. The number of carbonyl (C=O) groups is 1. The quantitative estimate of drug-likeness (QED) is 0.336. The van der Waals surface area contributed by atoms with Gasteiger partial charge in [0.1, 0.15) is 11.5 Å². The SMILES string of the molecule is CCC1C(OC)C/C=C/C(OCCN2CCOCC2)C2CCC2CN2CC3(CCCc4cc(Cl)ccc43)COc3ccc(cc32)C(=O)CS1(=O)=O. The number of rotatable bonds is 6. The molecule has 0 N–H and O–H groups in total. The molecule has 6 atom stereocenters. The van der Waals surface area contributed by atoms with Gasteiger partial charge in [-0.15, -0.1) is 0 Å². The van der Waals surface area contributed by atoms with E-state index in [1.165, 1.54) is 11.1 Å². The van der Waals surface area contributed by atoms with Crippen molar-refractivity contribution in [1.82, 2.24) is 4.90 Å². The van der Waals surface area contributed by atoms with Gasteiger partial charge in [-0.25, -0.2) is 8.42 Å². The second kappa shape index (κ2) is 15.9. The van der Waals surface area contributed by atoms with Gasteiger partial charge < -0.3 is 23.8 Å². The molecule has 2 aromatic carbocycles. The number of hydrogen-bond acceptors (Lipinski definition) is 9. The summed E-state index contributed by atoms with van der Waals surface area (Å²) in [5.41, 5.74) is 3.57. The topological polar surface area (TPSA) is 94.6 Å². The van der Waals surface area contributed by atoms with E-state index in [4.69, 9.17) is 30.5 Å². The third kappa shape index (κ3) is 7.92. The monoisotopic (exact) mass is 740 g/mol. The van der Waals surface area contributed by atoms with E-state index in [0.717, 1.165) is 94.5 Å². The highest BCUT2D eigenvalue weighted by molar-refractivity contribution is 7.92. The molecule has 0 aromatic heterocycles. The summed E-state index contributed by atoms with van der Waals surface area (Å²) >= 11 is 6.48. The van der Waals surface area contributed by atoms with Crippen LogP contribution in [0, 0.1) is 11.8 Å². The molecular formula is C40H53ClN2O7S. The van der Waals surface area contributed by atoms with Crippen molar-refractivity contribution in [2.45, 2.75) is 74.7 Å². The second-order valence-electron chi connectivity index (χ2n) is 15.2. The molecule has 1 saturated heterocycles. The predicted molar refractivity (Wildman–Crippen MR) is 200 cm³/mol. The predicted octanol–water partition coefficient (Wildman–Crippen LogP) is 5.91. The molecule has 3 aliphatic heterocycles. The summed E-state index contributed by atoms with van der Waals surface area (Å²) in [7, 11) is -2.26. The number of Topliss-reactive ketones (excluding diaryl/α,β-unsaturated/α-hetero) is 1. The fourth-order valence-electron chi connectivity index (χ4n) is 9.16. The van der Waals surface area contributed by atoms with E-state index in [2.05, 4.69) is 28.0 Å². The van der Waals surface area contributed by atoms with Crippen molar-refractivity contribution in [3.05, 3.63) is 70.3 Å². The van der Waals surface area contributed by atoms with Crippen molar-refractivity contribution in [3.63, 3.8) is 0 Å². The van der Waals surface area contributed by atoms with E-state index >= 15 is 0 Å². The number of methoxy groups -OCH3 is 1. The molecule has 3 heterocycles. The van der Waals surface area contributed by atoms with Crippen LogP contribution in [0.15, 0.2) is 48.6 Å². The third-order valence-corrected chi connectivity index (χ3v) is 14.6. The second-order valence-corrected chi connectivity index (χ2v) is 17.8. The first-order valence-corrected chi connectivity index (χ1v) is 21.0. The maximum atomic E-state index is 13.8. The lowest BCUT2D eigenvalue weighted by Gasteiger charge is -2.46. The van der Waals surface area contributed by atoms with Gasteiger partial charge >= 0.3 is 0 Å². The minimum Gasteiger partial charge on any atom is -0.490 e. The lowest BCUT2D eigenvalue weighted by Crippen LogP contribution is -2.50. The third-order valence-electron chi connectivity index (χ3n) is 12.1. The van der Waals surface area contributed by atoms with Gasteiger partial charge in [-0.3, -0.25) is 9.69 Å². The van der Waals surface area contributed by atoms with Crippen molar-refractivity contribution in [2.24, 2.45) is 11.8 Å². The van der Waals surface area contributed by atoms with E-state index in [1.54, 1.807) is 13.2 Å². The van der Waals surface area contributed by atoms with Gasteiger partial charge in [0, 0.05) is 55.8 Å². The number of ether oxygens (including phenoxy) is 4. The Hall–Kier alpha value is -2.47. The molecule has 0 radical (unpaired) electrons. The average Bonchev–Trinajstić information content (AvgIpc) is 3.26. The van der Waals surface area contributed by atoms with Gasteiger partial charge in [0.15, 0.2) is 15.6 Å². The fraction of sp³-hybridized carbons (Fsp3) is 0.625. The molecule has 2 fully saturated rings. The molecule has 9 nitrogen and oxygen atoms in total. The summed E-state index contributed by atoms with van der Waals surface area (Å²) in [5.74, 6) is 0.434. The van der Waals surface area contributed by atoms with Crippen LogP contribution in [-0.2, 0) is 35.9 Å². The van der Waals surface area contributed by atoms with Gasteiger partial charge in [0.25, 0.3) is 0 Å². The zero-order valence-electron chi connectivity index (χ0n) is 30.1. The van der Waals surface area contributed by atoms with Gasteiger partial charge in [-0.1, -0.05) is 36.7 Å². The minimum absolute atomic E-state index is 0.103. The van der Waals surface area contributed by atoms with Crippen molar-refractivity contribution in [3.8, 4) is 5.75 Å². The number of anilines is 1. The number of carbonyl (C=O) groups excluding carboxylic acids is 1. The van der Waals surface area contributed by atoms with Crippen LogP contribution in [-0.4, -0.2) is 109 Å². The first kappa shape index (κ1) is 36.9. The molecule has 7 rings (SSSR count). The molecule has 278 valence electrons. The smallest absolute Gasteiger partial charge is 0.177 e.